The van der Waals surface area contributed by atoms with E-state index < -0.39 is 17.2 Å². The Morgan fingerprint density at radius 1 is 0.806 bits per heavy atom. The smallest absolute Gasteiger partial charge is 0.144 e. The van der Waals surface area contributed by atoms with Gasteiger partial charge in [-0.05, 0) is 71.9 Å². The number of hydrogen-bond donors (Lipinski definition) is 0. The molecule has 0 saturated carbocycles. The number of nitriles is 1. The normalized spacial score (nSPS) is 11.1. The summed E-state index contributed by atoms with van der Waals surface area (Å²) in [5.74, 6) is -1.37. The number of rotatable bonds is 10. The first-order valence-electron chi connectivity index (χ1n) is 11.8. The van der Waals surface area contributed by atoms with E-state index in [4.69, 9.17) is 10.00 Å². The van der Waals surface area contributed by atoms with Crippen LogP contribution in [0.4, 0.5) is 13.2 Å². The van der Waals surface area contributed by atoms with Crippen LogP contribution in [0, 0.1) is 28.8 Å². The highest BCUT2D eigenvalue weighted by atomic mass is 19.1. The summed E-state index contributed by atoms with van der Waals surface area (Å²) in [6, 6.07) is 13.0. The summed E-state index contributed by atoms with van der Waals surface area (Å²) in [5.41, 5.74) is 2.39. The molecule has 0 unspecified atom stereocenters. The molecule has 184 valence electrons. The van der Waals surface area contributed by atoms with Crippen LogP contribution in [0.2, 0.25) is 0 Å². The van der Waals surface area contributed by atoms with Crippen LogP contribution in [0.3, 0.4) is 0 Å². The Labute approximate surface area is 208 Å². The van der Waals surface area contributed by atoms with Crippen LogP contribution in [-0.4, -0.2) is 23.7 Å². The monoisotopic (exact) mass is 489 g/mol. The molecule has 0 amide bonds. The lowest BCUT2D eigenvalue weighted by atomic mass is 9.97. The van der Waals surface area contributed by atoms with Crippen molar-refractivity contribution < 1.29 is 17.9 Å². The van der Waals surface area contributed by atoms with Gasteiger partial charge in [-0.25, -0.2) is 23.1 Å². The van der Waals surface area contributed by atoms with Gasteiger partial charge in [-0.3, -0.25) is 0 Å². The van der Waals surface area contributed by atoms with Crippen molar-refractivity contribution in [1.29, 1.82) is 5.26 Å². The van der Waals surface area contributed by atoms with E-state index in [1.54, 1.807) is 19.2 Å². The first kappa shape index (κ1) is 25.3. The number of methoxy groups -OCH3 is 1. The number of aromatic nitrogens is 2. The Morgan fingerprint density at radius 2 is 1.53 bits per heavy atom. The van der Waals surface area contributed by atoms with Crippen LogP contribution >= 0.6 is 0 Å². The summed E-state index contributed by atoms with van der Waals surface area (Å²) in [4.78, 5) is 8.90. The Hall–Kier alpha value is -3.76. The number of hydrogen-bond acceptors (Lipinski definition) is 4. The molecule has 0 spiro atoms. The average molecular weight is 490 g/mol. The van der Waals surface area contributed by atoms with Crippen LogP contribution in [-0.2, 0) is 36.8 Å². The van der Waals surface area contributed by atoms with Crippen molar-refractivity contribution in [3.63, 3.8) is 0 Å². The molecule has 0 atom stereocenters. The fraction of sp³-hybridized carbons (Fsp3) is 0.276. The zero-order valence-electron chi connectivity index (χ0n) is 20.0. The van der Waals surface area contributed by atoms with E-state index >= 15 is 4.39 Å². The molecule has 4 aromatic rings. The summed E-state index contributed by atoms with van der Waals surface area (Å²) >= 11 is 0. The topological polar surface area (TPSA) is 58.8 Å². The number of benzene rings is 3. The van der Waals surface area contributed by atoms with Crippen molar-refractivity contribution in [1.82, 2.24) is 9.97 Å². The highest BCUT2D eigenvalue weighted by Gasteiger charge is 2.13. The number of nitrogens with zero attached hydrogens (tertiary/aromatic N) is 3. The van der Waals surface area contributed by atoms with Crippen molar-refractivity contribution in [2.45, 2.75) is 38.5 Å². The maximum absolute atomic E-state index is 15.2. The molecule has 0 fully saturated rings. The SMILES string of the molecule is COCCCc1cnc(CCc2ccc3c(F)c(CCc4cc(F)c(C#N)c(F)c4)ccc3c2)nc1. The van der Waals surface area contributed by atoms with Gasteiger partial charge in [0.05, 0.1) is 0 Å². The molecule has 0 aliphatic rings. The molecule has 0 N–H and O–H groups in total. The summed E-state index contributed by atoms with van der Waals surface area (Å²) in [6.07, 6.45) is 7.49. The Bertz CT molecular complexity index is 1370. The standard InChI is InChI=1S/C29H26F3N3O/c1-36-12-2-3-21-17-34-28(35-18-21)11-6-19-5-10-24-23(13-19)9-8-22(29(24)32)7-4-20-14-26(30)25(16-33)27(31)15-20/h5,8-10,13-15,17-18H,2-4,6-7,11-12H2,1H3. The first-order chi connectivity index (χ1) is 17.5. The third kappa shape index (κ3) is 6.07. The van der Waals surface area contributed by atoms with Gasteiger partial charge >= 0.3 is 0 Å². The van der Waals surface area contributed by atoms with E-state index in [0.717, 1.165) is 53.7 Å². The second kappa shape index (κ2) is 11.8. The molecule has 0 bridgehead atoms. The van der Waals surface area contributed by atoms with E-state index in [0.29, 0.717) is 29.5 Å². The van der Waals surface area contributed by atoms with Gasteiger partial charge in [-0.1, -0.05) is 30.3 Å². The minimum atomic E-state index is -0.901. The number of fused-ring (bicyclic) bond motifs is 1. The largest absolute Gasteiger partial charge is 0.385 e. The molecule has 4 nitrogen and oxygen atoms in total. The van der Waals surface area contributed by atoms with Gasteiger partial charge < -0.3 is 4.74 Å². The van der Waals surface area contributed by atoms with Crippen molar-refractivity contribution >= 4 is 10.8 Å². The predicted octanol–water partition coefficient (Wildman–Crippen LogP) is 6.07. The minimum Gasteiger partial charge on any atom is -0.385 e. The van der Waals surface area contributed by atoms with Gasteiger partial charge in [0.25, 0.3) is 0 Å². The third-order valence-corrected chi connectivity index (χ3v) is 6.21. The van der Waals surface area contributed by atoms with Gasteiger partial charge in [-0.2, -0.15) is 5.26 Å². The molecular weight excluding hydrogens is 463 g/mol. The van der Waals surface area contributed by atoms with Crippen LogP contribution < -0.4 is 0 Å². The zero-order valence-corrected chi connectivity index (χ0v) is 20.0. The summed E-state index contributed by atoms with van der Waals surface area (Å²) in [5, 5.41) is 10.1. The molecule has 7 heteroatoms. The molecular formula is C29H26F3N3O. The summed E-state index contributed by atoms with van der Waals surface area (Å²) in [7, 11) is 1.69. The maximum atomic E-state index is 15.2. The van der Waals surface area contributed by atoms with E-state index in [1.165, 1.54) is 6.07 Å². The first-order valence-corrected chi connectivity index (χ1v) is 11.8. The molecule has 0 aliphatic carbocycles. The van der Waals surface area contributed by atoms with Crippen molar-refractivity contribution in [2.24, 2.45) is 0 Å². The summed E-state index contributed by atoms with van der Waals surface area (Å²) < 4.78 is 47.9. The lowest BCUT2D eigenvalue weighted by Gasteiger charge is -2.09. The van der Waals surface area contributed by atoms with Crippen LogP contribution in [0.25, 0.3) is 10.8 Å². The second-order valence-electron chi connectivity index (χ2n) is 8.74. The van der Waals surface area contributed by atoms with Crippen molar-refractivity contribution in [3.05, 3.63) is 106 Å². The van der Waals surface area contributed by atoms with Crippen LogP contribution in [0.1, 0.15) is 40.1 Å². The Morgan fingerprint density at radius 3 is 2.22 bits per heavy atom. The minimum absolute atomic E-state index is 0.255. The van der Waals surface area contributed by atoms with Gasteiger partial charge in [0, 0.05) is 37.9 Å². The predicted molar refractivity (Wildman–Crippen MR) is 132 cm³/mol. The lowest BCUT2D eigenvalue weighted by Crippen LogP contribution is -2.01. The molecule has 0 radical (unpaired) electrons. The van der Waals surface area contributed by atoms with Crippen LogP contribution in [0.5, 0.6) is 0 Å². The highest BCUT2D eigenvalue weighted by Crippen LogP contribution is 2.25. The molecule has 1 aromatic heterocycles. The van der Waals surface area contributed by atoms with E-state index in [2.05, 4.69) is 9.97 Å². The lowest BCUT2D eigenvalue weighted by molar-refractivity contribution is 0.195. The quantitative estimate of drug-likeness (QED) is 0.254. The molecule has 36 heavy (non-hydrogen) atoms. The van der Waals surface area contributed by atoms with E-state index in [9.17, 15) is 8.78 Å². The third-order valence-electron chi connectivity index (χ3n) is 6.21. The Balaban J connectivity index is 1.40. The number of halogens is 3. The van der Waals surface area contributed by atoms with E-state index in [-0.39, 0.29) is 18.7 Å². The maximum Gasteiger partial charge on any atom is 0.144 e. The van der Waals surface area contributed by atoms with E-state index in [1.807, 2.05) is 30.6 Å². The summed E-state index contributed by atoms with van der Waals surface area (Å²) in [6.45, 7) is 0.711. The molecule has 0 saturated heterocycles. The molecule has 0 aliphatic heterocycles. The number of aryl methyl sites for hydroxylation is 5. The highest BCUT2D eigenvalue weighted by molar-refractivity contribution is 5.84. The average Bonchev–Trinajstić information content (AvgIpc) is 2.88. The Kier molecular flexibility index (Phi) is 8.29. The van der Waals surface area contributed by atoms with Crippen molar-refractivity contribution in [2.75, 3.05) is 13.7 Å². The zero-order chi connectivity index (χ0) is 25.5. The second-order valence-corrected chi connectivity index (χ2v) is 8.74. The van der Waals surface area contributed by atoms with Gasteiger partial charge in [0.1, 0.15) is 34.9 Å². The van der Waals surface area contributed by atoms with Gasteiger partial charge in [0.2, 0.25) is 0 Å². The van der Waals surface area contributed by atoms with Gasteiger partial charge in [-0.15, -0.1) is 0 Å². The van der Waals surface area contributed by atoms with Crippen molar-refractivity contribution in [3.8, 4) is 6.07 Å². The molecule has 3 aromatic carbocycles. The fourth-order valence-corrected chi connectivity index (χ4v) is 4.21. The van der Waals surface area contributed by atoms with Gasteiger partial charge in [0.15, 0.2) is 0 Å². The molecule has 1 heterocycles. The van der Waals surface area contributed by atoms with Crippen LogP contribution in [0.15, 0.2) is 54.9 Å². The molecule has 4 rings (SSSR count). The number of ether oxygens (including phenoxy) is 1. The fourth-order valence-electron chi connectivity index (χ4n) is 4.21.